The van der Waals surface area contributed by atoms with Crippen LogP contribution in [-0.4, -0.2) is 49.4 Å². The van der Waals surface area contributed by atoms with Gasteiger partial charge in [0, 0.05) is 50.5 Å². The Kier molecular flexibility index (Phi) is 5.03. The third kappa shape index (κ3) is 3.72. The van der Waals surface area contributed by atoms with E-state index in [4.69, 9.17) is 0 Å². The Balaban J connectivity index is 1.36. The summed E-state index contributed by atoms with van der Waals surface area (Å²) >= 11 is 0. The average molecular weight is 381 g/mol. The third-order valence-corrected chi connectivity index (χ3v) is 5.57. The van der Waals surface area contributed by atoms with Gasteiger partial charge in [-0.3, -0.25) is 9.59 Å². The largest absolute Gasteiger partial charge is 0.368 e. The standard InChI is InChI=1S/C22H24FN3O2/c1-16-3-2-4-20(13-16)26-15-17(14-21(26)27)22(28)25-11-9-24(10-12-25)19-7-5-18(23)6-8-19/h2-8,13,17H,9-12,14-15H2,1H3/t17-/m1/s1. The van der Waals surface area contributed by atoms with Gasteiger partial charge in [-0.2, -0.15) is 0 Å². The topological polar surface area (TPSA) is 43.9 Å². The van der Waals surface area contributed by atoms with Crippen LogP contribution in [0.2, 0.25) is 0 Å². The Bertz CT molecular complexity index is 876. The van der Waals surface area contributed by atoms with Crippen LogP contribution < -0.4 is 9.80 Å². The van der Waals surface area contributed by atoms with Crippen molar-refractivity contribution in [2.45, 2.75) is 13.3 Å². The van der Waals surface area contributed by atoms with Crippen LogP contribution >= 0.6 is 0 Å². The molecule has 2 aromatic rings. The SMILES string of the molecule is Cc1cccc(N2C[C@H](C(=O)N3CCN(c4ccc(F)cc4)CC3)CC2=O)c1. The maximum atomic E-state index is 13.1. The van der Waals surface area contributed by atoms with Crippen LogP contribution in [0, 0.1) is 18.7 Å². The van der Waals surface area contributed by atoms with E-state index in [1.165, 1.54) is 12.1 Å². The molecular weight excluding hydrogens is 357 g/mol. The Labute approximate surface area is 164 Å². The Morgan fingerprint density at radius 1 is 1.00 bits per heavy atom. The fraction of sp³-hybridized carbons (Fsp3) is 0.364. The summed E-state index contributed by atoms with van der Waals surface area (Å²) in [6.07, 6.45) is 0.269. The van der Waals surface area contributed by atoms with E-state index in [0.29, 0.717) is 32.7 Å². The lowest BCUT2D eigenvalue weighted by atomic mass is 10.1. The van der Waals surface area contributed by atoms with Crippen molar-refractivity contribution in [1.82, 2.24) is 4.90 Å². The first-order valence-corrected chi connectivity index (χ1v) is 9.67. The summed E-state index contributed by atoms with van der Waals surface area (Å²) in [6.45, 7) is 5.09. The highest BCUT2D eigenvalue weighted by atomic mass is 19.1. The molecule has 0 N–H and O–H groups in total. The maximum Gasteiger partial charge on any atom is 0.228 e. The molecule has 0 bridgehead atoms. The van der Waals surface area contributed by atoms with Gasteiger partial charge in [-0.15, -0.1) is 0 Å². The molecule has 0 radical (unpaired) electrons. The van der Waals surface area contributed by atoms with Crippen LogP contribution in [0.5, 0.6) is 0 Å². The number of nitrogens with zero attached hydrogens (tertiary/aromatic N) is 3. The molecule has 1 atom stereocenters. The van der Waals surface area contributed by atoms with E-state index in [1.54, 1.807) is 17.0 Å². The Morgan fingerprint density at radius 3 is 2.39 bits per heavy atom. The highest BCUT2D eigenvalue weighted by molar-refractivity contribution is 6.00. The zero-order valence-electron chi connectivity index (χ0n) is 16.0. The zero-order valence-corrected chi connectivity index (χ0v) is 16.0. The van der Waals surface area contributed by atoms with Crippen molar-refractivity contribution >= 4 is 23.2 Å². The van der Waals surface area contributed by atoms with Crippen LogP contribution in [0.3, 0.4) is 0 Å². The number of halogens is 1. The van der Waals surface area contributed by atoms with Crippen LogP contribution in [0.25, 0.3) is 0 Å². The number of amides is 2. The first-order chi connectivity index (χ1) is 13.5. The van der Waals surface area contributed by atoms with Gasteiger partial charge in [-0.25, -0.2) is 4.39 Å². The molecule has 6 heteroatoms. The molecule has 5 nitrogen and oxygen atoms in total. The quantitative estimate of drug-likeness (QED) is 0.821. The predicted octanol–water partition coefficient (Wildman–Crippen LogP) is 2.84. The van der Waals surface area contributed by atoms with Crippen molar-refractivity contribution < 1.29 is 14.0 Å². The molecule has 0 spiro atoms. The van der Waals surface area contributed by atoms with Gasteiger partial charge in [-0.1, -0.05) is 12.1 Å². The number of hydrogen-bond donors (Lipinski definition) is 0. The van der Waals surface area contributed by atoms with Crippen molar-refractivity contribution in [3.63, 3.8) is 0 Å². The molecule has 2 fully saturated rings. The monoisotopic (exact) mass is 381 g/mol. The first-order valence-electron chi connectivity index (χ1n) is 9.67. The molecule has 2 aromatic carbocycles. The molecular formula is C22H24FN3O2. The normalized spacial score (nSPS) is 20.0. The predicted molar refractivity (Wildman–Crippen MR) is 107 cm³/mol. The number of hydrogen-bond acceptors (Lipinski definition) is 3. The lowest BCUT2D eigenvalue weighted by molar-refractivity contribution is -0.136. The summed E-state index contributed by atoms with van der Waals surface area (Å²) in [5.41, 5.74) is 2.92. The lowest BCUT2D eigenvalue weighted by Gasteiger charge is -2.37. The molecule has 4 rings (SSSR count). The van der Waals surface area contributed by atoms with E-state index >= 15 is 0 Å². The van der Waals surface area contributed by atoms with E-state index in [9.17, 15) is 14.0 Å². The number of carbonyl (C=O) groups is 2. The van der Waals surface area contributed by atoms with Gasteiger partial charge in [-0.05, 0) is 48.9 Å². The maximum absolute atomic E-state index is 13.1. The summed E-state index contributed by atoms with van der Waals surface area (Å²) in [6, 6.07) is 14.3. The minimum Gasteiger partial charge on any atom is -0.368 e. The van der Waals surface area contributed by atoms with E-state index < -0.39 is 0 Å². The van der Waals surface area contributed by atoms with E-state index in [2.05, 4.69) is 4.90 Å². The fourth-order valence-corrected chi connectivity index (χ4v) is 4.01. The molecule has 0 aromatic heterocycles. The fourth-order valence-electron chi connectivity index (χ4n) is 4.01. The highest BCUT2D eigenvalue weighted by Crippen LogP contribution is 2.27. The van der Waals surface area contributed by atoms with Gasteiger partial charge < -0.3 is 14.7 Å². The van der Waals surface area contributed by atoms with Crippen LogP contribution in [0.4, 0.5) is 15.8 Å². The van der Waals surface area contributed by atoms with Crippen molar-refractivity contribution in [1.29, 1.82) is 0 Å². The highest BCUT2D eigenvalue weighted by Gasteiger charge is 2.37. The van der Waals surface area contributed by atoms with Gasteiger partial charge in [0.1, 0.15) is 5.82 Å². The summed E-state index contributed by atoms with van der Waals surface area (Å²) in [7, 11) is 0. The second-order valence-electron chi connectivity index (χ2n) is 7.53. The van der Waals surface area contributed by atoms with Gasteiger partial charge in [0.25, 0.3) is 0 Å². The van der Waals surface area contributed by atoms with Crippen molar-refractivity contribution in [2.75, 3.05) is 42.5 Å². The van der Waals surface area contributed by atoms with Crippen LogP contribution in [0.1, 0.15) is 12.0 Å². The van der Waals surface area contributed by atoms with Gasteiger partial charge in [0.2, 0.25) is 11.8 Å². The van der Waals surface area contributed by atoms with E-state index in [0.717, 1.165) is 16.9 Å². The average Bonchev–Trinajstić information content (AvgIpc) is 3.10. The number of carbonyl (C=O) groups excluding carboxylic acids is 2. The van der Waals surface area contributed by atoms with Crippen LogP contribution in [-0.2, 0) is 9.59 Å². The smallest absolute Gasteiger partial charge is 0.228 e. The van der Waals surface area contributed by atoms with E-state index in [-0.39, 0.29) is 30.0 Å². The van der Waals surface area contributed by atoms with E-state index in [1.807, 2.05) is 36.1 Å². The molecule has 146 valence electrons. The molecule has 2 saturated heterocycles. The van der Waals surface area contributed by atoms with Crippen molar-refractivity contribution in [2.24, 2.45) is 5.92 Å². The zero-order chi connectivity index (χ0) is 19.7. The summed E-state index contributed by atoms with van der Waals surface area (Å²) in [4.78, 5) is 31.2. The lowest BCUT2D eigenvalue weighted by Crippen LogP contribution is -2.50. The van der Waals surface area contributed by atoms with Crippen LogP contribution in [0.15, 0.2) is 48.5 Å². The molecule has 2 aliphatic rings. The number of anilines is 2. The number of benzene rings is 2. The molecule has 0 unspecified atom stereocenters. The Morgan fingerprint density at radius 2 is 1.71 bits per heavy atom. The minimum absolute atomic E-state index is 0.00824. The summed E-state index contributed by atoms with van der Waals surface area (Å²) < 4.78 is 13.1. The first kappa shape index (κ1) is 18.5. The second-order valence-corrected chi connectivity index (χ2v) is 7.53. The van der Waals surface area contributed by atoms with Crippen molar-refractivity contribution in [3.05, 3.63) is 59.9 Å². The molecule has 2 aliphatic heterocycles. The van der Waals surface area contributed by atoms with Gasteiger partial charge in [0.15, 0.2) is 0 Å². The van der Waals surface area contributed by atoms with Gasteiger partial charge >= 0.3 is 0 Å². The summed E-state index contributed by atoms with van der Waals surface area (Å²) in [5, 5.41) is 0. The summed E-state index contributed by atoms with van der Waals surface area (Å²) in [5.74, 6) is -0.469. The van der Waals surface area contributed by atoms with Gasteiger partial charge in [0.05, 0.1) is 5.92 Å². The molecule has 0 saturated carbocycles. The molecule has 2 heterocycles. The number of aryl methyl sites for hydroxylation is 1. The molecule has 2 amide bonds. The molecule has 28 heavy (non-hydrogen) atoms. The second kappa shape index (κ2) is 7.62. The minimum atomic E-state index is -0.287. The Hall–Kier alpha value is -2.89. The number of piperazine rings is 1. The van der Waals surface area contributed by atoms with Crippen molar-refractivity contribution in [3.8, 4) is 0 Å². The number of rotatable bonds is 3. The molecule has 0 aliphatic carbocycles. The third-order valence-electron chi connectivity index (χ3n) is 5.57.